The number of hydrogen-bond acceptors (Lipinski definition) is 6. The number of rotatable bonds is 6. The van der Waals surface area contributed by atoms with Gasteiger partial charge in [-0.1, -0.05) is 35.6 Å². The summed E-state index contributed by atoms with van der Waals surface area (Å²) < 4.78 is 49.6. The number of alkyl halides is 2. The molecular formula is C24H19F3N2O4S. The van der Waals surface area contributed by atoms with E-state index >= 15 is 0 Å². The third-order valence-electron chi connectivity index (χ3n) is 5.11. The molecule has 3 aromatic rings. The van der Waals surface area contributed by atoms with Crippen LogP contribution in [0.2, 0.25) is 0 Å². The minimum Gasteiger partial charge on any atom is -0.463 e. The molecule has 0 saturated heterocycles. The number of carbonyl (C=O) groups is 1. The molecule has 0 fully saturated rings. The van der Waals surface area contributed by atoms with Crippen molar-refractivity contribution in [3.63, 3.8) is 0 Å². The van der Waals surface area contributed by atoms with E-state index in [1.807, 2.05) is 0 Å². The van der Waals surface area contributed by atoms with Crippen molar-refractivity contribution < 1.29 is 27.4 Å². The van der Waals surface area contributed by atoms with Gasteiger partial charge in [0.15, 0.2) is 4.80 Å². The second-order valence-corrected chi connectivity index (χ2v) is 8.31. The molecule has 1 aliphatic heterocycles. The molecule has 0 spiro atoms. The first-order valence-electron chi connectivity index (χ1n) is 10.3. The molecule has 0 amide bonds. The topological polar surface area (TPSA) is 69.9 Å². The van der Waals surface area contributed by atoms with Crippen molar-refractivity contribution in [2.75, 3.05) is 6.61 Å². The molecule has 1 atom stereocenters. The van der Waals surface area contributed by atoms with E-state index in [2.05, 4.69) is 9.73 Å². The van der Waals surface area contributed by atoms with Crippen LogP contribution in [-0.4, -0.2) is 23.8 Å². The lowest BCUT2D eigenvalue weighted by molar-refractivity contribution is -0.139. The van der Waals surface area contributed by atoms with E-state index in [1.54, 1.807) is 32.1 Å². The summed E-state index contributed by atoms with van der Waals surface area (Å²) in [5.74, 6) is -1.06. The van der Waals surface area contributed by atoms with Crippen LogP contribution in [0.5, 0.6) is 5.75 Å². The summed E-state index contributed by atoms with van der Waals surface area (Å²) in [4.78, 5) is 31.0. The zero-order valence-electron chi connectivity index (χ0n) is 18.1. The Morgan fingerprint density at radius 3 is 2.47 bits per heavy atom. The molecule has 0 N–H and O–H groups in total. The fourth-order valence-corrected chi connectivity index (χ4v) is 4.70. The fraction of sp³-hybridized carbons (Fsp3) is 0.208. The third kappa shape index (κ3) is 4.67. The number of carbonyl (C=O) groups excluding carboxylic acids is 1. The van der Waals surface area contributed by atoms with Gasteiger partial charge < -0.3 is 9.47 Å². The summed E-state index contributed by atoms with van der Waals surface area (Å²) in [6, 6.07) is 10.5. The lowest BCUT2D eigenvalue weighted by Gasteiger charge is -2.24. The molecule has 2 aromatic carbocycles. The van der Waals surface area contributed by atoms with Crippen molar-refractivity contribution in [1.29, 1.82) is 0 Å². The van der Waals surface area contributed by atoms with Gasteiger partial charge in [-0.3, -0.25) is 9.36 Å². The normalized spacial score (nSPS) is 15.8. The van der Waals surface area contributed by atoms with Gasteiger partial charge in [-0.2, -0.15) is 8.78 Å². The number of benzene rings is 2. The van der Waals surface area contributed by atoms with Gasteiger partial charge in [-0.15, -0.1) is 0 Å². The molecule has 4 rings (SSSR count). The van der Waals surface area contributed by atoms with Gasteiger partial charge in [-0.05, 0) is 55.3 Å². The highest BCUT2D eigenvalue weighted by Crippen LogP contribution is 2.30. The molecule has 0 radical (unpaired) electrons. The zero-order valence-corrected chi connectivity index (χ0v) is 18.9. The van der Waals surface area contributed by atoms with E-state index in [1.165, 1.54) is 41.0 Å². The van der Waals surface area contributed by atoms with Gasteiger partial charge >= 0.3 is 12.6 Å². The number of nitrogens with zero attached hydrogens (tertiary/aromatic N) is 2. The number of allylic oxidation sites excluding steroid dienone is 1. The first kappa shape index (κ1) is 23.5. The predicted molar refractivity (Wildman–Crippen MR) is 120 cm³/mol. The minimum atomic E-state index is -2.93. The van der Waals surface area contributed by atoms with Gasteiger partial charge in [0.05, 0.1) is 28.5 Å². The minimum absolute atomic E-state index is 0.000349. The summed E-state index contributed by atoms with van der Waals surface area (Å²) in [5, 5.41) is 0. The smallest absolute Gasteiger partial charge is 0.387 e. The summed E-state index contributed by atoms with van der Waals surface area (Å²) in [6.07, 6.45) is 1.60. The van der Waals surface area contributed by atoms with Crippen molar-refractivity contribution in [3.05, 3.63) is 96.4 Å². The molecule has 0 saturated carbocycles. The molecular weight excluding hydrogens is 469 g/mol. The van der Waals surface area contributed by atoms with Crippen LogP contribution in [0, 0.1) is 5.82 Å². The van der Waals surface area contributed by atoms with E-state index in [-0.39, 0.29) is 17.9 Å². The molecule has 0 unspecified atom stereocenters. The van der Waals surface area contributed by atoms with Crippen LogP contribution < -0.4 is 19.6 Å². The molecule has 0 aliphatic carbocycles. The number of esters is 1. The van der Waals surface area contributed by atoms with Crippen molar-refractivity contribution in [1.82, 2.24) is 4.57 Å². The van der Waals surface area contributed by atoms with Crippen LogP contribution in [-0.2, 0) is 9.53 Å². The molecule has 176 valence electrons. The maximum atomic E-state index is 13.6. The SMILES string of the molecule is CCOC(=O)C1=C(C)N=c2sc(=Cc3ccc(OC(F)F)cc3)c(=O)n2[C@H]1c1ccc(F)cc1. The van der Waals surface area contributed by atoms with E-state index < -0.39 is 30.0 Å². The van der Waals surface area contributed by atoms with Gasteiger partial charge in [0.25, 0.3) is 5.56 Å². The van der Waals surface area contributed by atoms with E-state index in [4.69, 9.17) is 4.74 Å². The highest BCUT2D eigenvalue weighted by molar-refractivity contribution is 7.07. The van der Waals surface area contributed by atoms with Crippen LogP contribution in [0.4, 0.5) is 13.2 Å². The number of halogens is 3. The Hall–Kier alpha value is -3.66. The Labute approximate surface area is 195 Å². The summed E-state index contributed by atoms with van der Waals surface area (Å²) in [5.41, 5.74) is 1.31. The van der Waals surface area contributed by atoms with Gasteiger partial charge in [-0.25, -0.2) is 14.2 Å². The maximum Gasteiger partial charge on any atom is 0.387 e. The number of ether oxygens (including phenoxy) is 2. The Bertz CT molecular complexity index is 1420. The molecule has 10 heteroatoms. The zero-order chi connectivity index (χ0) is 24.4. The van der Waals surface area contributed by atoms with Crippen molar-refractivity contribution in [2.24, 2.45) is 4.99 Å². The average molecular weight is 488 g/mol. The molecule has 0 bridgehead atoms. The molecule has 2 heterocycles. The van der Waals surface area contributed by atoms with E-state index in [0.29, 0.717) is 26.2 Å². The number of thiazole rings is 1. The Morgan fingerprint density at radius 1 is 1.18 bits per heavy atom. The second-order valence-electron chi connectivity index (χ2n) is 7.30. The first-order valence-corrected chi connectivity index (χ1v) is 11.1. The maximum absolute atomic E-state index is 13.6. The van der Waals surface area contributed by atoms with Crippen LogP contribution in [0.15, 0.2) is 69.6 Å². The largest absolute Gasteiger partial charge is 0.463 e. The van der Waals surface area contributed by atoms with Crippen LogP contribution in [0.25, 0.3) is 6.08 Å². The third-order valence-corrected chi connectivity index (χ3v) is 6.09. The van der Waals surface area contributed by atoms with Crippen LogP contribution in [0.3, 0.4) is 0 Å². The van der Waals surface area contributed by atoms with Gasteiger partial charge in [0.1, 0.15) is 11.6 Å². The second kappa shape index (κ2) is 9.68. The monoisotopic (exact) mass is 488 g/mol. The molecule has 34 heavy (non-hydrogen) atoms. The Balaban J connectivity index is 1.85. The lowest BCUT2D eigenvalue weighted by Crippen LogP contribution is -2.39. The van der Waals surface area contributed by atoms with E-state index in [9.17, 15) is 22.8 Å². The number of fused-ring (bicyclic) bond motifs is 1. The molecule has 6 nitrogen and oxygen atoms in total. The van der Waals surface area contributed by atoms with Crippen LogP contribution in [0.1, 0.15) is 31.0 Å². The molecule has 1 aromatic heterocycles. The summed E-state index contributed by atoms with van der Waals surface area (Å²) in [7, 11) is 0. The standard InChI is InChI=1S/C24H19F3N2O4S/c1-3-32-22(31)19-13(2)28-24-29(20(19)15-6-8-16(25)9-7-15)21(30)18(34-24)12-14-4-10-17(11-5-14)33-23(26)27/h4-12,20,23H,3H2,1-2H3/t20-/m0/s1. The van der Waals surface area contributed by atoms with Gasteiger partial charge in [0, 0.05) is 0 Å². The quantitative estimate of drug-likeness (QED) is 0.498. The predicted octanol–water partition coefficient (Wildman–Crippen LogP) is 3.54. The van der Waals surface area contributed by atoms with Crippen molar-refractivity contribution >= 4 is 23.4 Å². The van der Waals surface area contributed by atoms with Crippen molar-refractivity contribution in [2.45, 2.75) is 26.5 Å². The summed E-state index contributed by atoms with van der Waals surface area (Å²) in [6.45, 7) is 0.536. The molecule has 1 aliphatic rings. The highest BCUT2D eigenvalue weighted by Gasteiger charge is 2.33. The number of hydrogen-bond donors (Lipinski definition) is 0. The van der Waals surface area contributed by atoms with Crippen molar-refractivity contribution in [3.8, 4) is 5.75 Å². The Kier molecular flexibility index (Phi) is 6.69. The highest BCUT2D eigenvalue weighted by atomic mass is 32.1. The Morgan fingerprint density at radius 2 is 1.85 bits per heavy atom. The first-order chi connectivity index (χ1) is 16.3. The van der Waals surface area contributed by atoms with E-state index in [0.717, 1.165) is 11.3 Å². The summed E-state index contributed by atoms with van der Waals surface area (Å²) >= 11 is 1.12. The number of aromatic nitrogens is 1. The van der Waals surface area contributed by atoms with Crippen LogP contribution >= 0.6 is 11.3 Å². The van der Waals surface area contributed by atoms with Gasteiger partial charge in [0.2, 0.25) is 0 Å². The average Bonchev–Trinajstić information content (AvgIpc) is 3.09. The lowest BCUT2D eigenvalue weighted by atomic mass is 9.96. The fourth-order valence-electron chi connectivity index (χ4n) is 3.65.